The van der Waals surface area contributed by atoms with Gasteiger partial charge >= 0.3 is 23.9 Å². The van der Waals surface area contributed by atoms with Crippen molar-refractivity contribution >= 4 is 23.9 Å². The van der Waals surface area contributed by atoms with Gasteiger partial charge < -0.3 is 18.9 Å². The quantitative estimate of drug-likeness (QED) is 0.261. The molecule has 1 rings (SSSR count). The van der Waals surface area contributed by atoms with Crippen LogP contribution >= 0.6 is 0 Å². The molecule has 0 fully saturated rings. The first kappa shape index (κ1) is 34.9. The Morgan fingerprint density at radius 2 is 0.975 bits per heavy atom. The lowest BCUT2D eigenvalue weighted by Gasteiger charge is -2.10. The first-order valence-electron chi connectivity index (χ1n) is 14.6. The Labute approximate surface area is 239 Å². The lowest BCUT2D eigenvalue weighted by molar-refractivity contribution is -0.147. The van der Waals surface area contributed by atoms with E-state index < -0.39 is 11.8 Å². The van der Waals surface area contributed by atoms with Gasteiger partial charge in [-0.3, -0.25) is 19.2 Å². The summed E-state index contributed by atoms with van der Waals surface area (Å²) in [5.74, 6) is -0.966. The van der Waals surface area contributed by atoms with Crippen LogP contribution in [0.3, 0.4) is 0 Å². The Hall–Kier alpha value is -3.16. The van der Waals surface area contributed by atoms with Gasteiger partial charge in [-0.1, -0.05) is 62.8 Å². The Kier molecular flexibility index (Phi) is 18.9. The Morgan fingerprint density at radius 1 is 0.625 bits per heavy atom. The predicted octanol–water partition coefficient (Wildman–Crippen LogP) is 7.05. The summed E-state index contributed by atoms with van der Waals surface area (Å²) in [5, 5.41) is 0. The van der Waals surface area contributed by atoms with E-state index in [1.54, 1.807) is 50.3 Å². The van der Waals surface area contributed by atoms with Crippen LogP contribution in [-0.2, 0) is 38.1 Å². The summed E-state index contributed by atoms with van der Waals surface area (Å²) >= 11 is 0. The number of esters is 4. The molecule has 0 saturated heterocycles. The topological polar surface area (TPSA) is 105 Å². The van der Waals surface area contributed by atoms with Crippen molar-refractivity contribution in [1.29, 1.82) is 0 Å². The van der Waals surface area contributed by atoms with Crippen LogP contribution < -0.4 is 0 Å². The molecule has 0 aliphatic carbocycles. The summed E-state index contributed by atoms with van der Waals surface area (Å²) in [4.78, 5) is 47.5. The molecule has 8 nitrogen and oxygen atoms in total. The minimum atomic E-state index is -0.403. The van der Waals surface area contributed by atoms with E-state index in [1.165, 1.54) is 13.8 Å². The largest absolute Gasteiger partial charge is 0.465 e. The van der Waals surface area contributed by atoms with Gasteiger partial charge in [0.1, 0.15) is 11.5 Å². The molecule has 0 spiro atoms. The molecule has 0 bridgehead atoms. The second kappa shape index (κ2) is 21.6. The van der Waals surface area contributed by atoms with Crippen LogP contribution in [-0.4, -0.2) is 37.1 Å². The molecular formula is C32H48O8. The average Bonchev–Trinajstić information content (AvgIpc) is 2.89. The molecule has 0 aromatic carbocycles. The first-order chi connectivity index (χ1) is 19.2. The van der Waals surface area contributed by atoms with Crippen molar-refractivity contribution in [2.45, 2.75) is 105 Å². The zero-order valence-corrected chi connectivity index (χ0v) is 24.8. The van der Waals surface area contributed by atoms with Gasteiger partial charge in [-0.05, 0) is 51.7 Å². The van der Waals surface area contributed by atoms with Gasteiger partial charge in [0.25, 0.3) is 0 Å². The van der Waals surface area contributed by atoms with Gasteiger partial charge in [-0.2, -0.15) is 0 Å². The molecular weight excluding hydrogens is 512 g/mol. The Bertz CT molecular complexity index is 838. The number of carbonyl (C=O) groups is 4. The van der Waals surface area contributed by atoms with Crippen LogP contribution in [0.2, 0.25) is 0 Å². The van der Waals surface area contributed by atoms with Gasteiger partial charge in [0.05, 0.1) is 25.0 Å². The summed E-state index contributed by atoms with van der Waals surface area (Å²) < 4.78 is 21.4. The molecule has 2 unspecified atom stereocenters. The maximum Gasteiger partial charge on any atom is 0.312 e. The van der Waals surface area contributed by atoms with E-state index in [2.05, 4.69) is 0 Å². The smallest absolute Gasteiger partial charge is 0.312 e. The summed E-state index contributed by atoms with van der Waals surface area (Å²) in [5.41, 5.74) is 0. The fourth-order valence-electron chi connectivity index (χ4n) is 3.99. The van der Waals surface area contributed by atoms with Gasteiger partial charge in [-0.25, -0.2) is 0 Å². The molecule has 1 aliphatic rings. The maximum atomic E-state index is 12.3. The van der Waals surface area contributed by atoms with Gasteiger partial charge in [0.15, 0.2) is 0 Å². The molecule has 1 heterocycles. The second-order valence-corrected chi connectivity index (χ2v) is 10.2. The van der Waals surface area contributed by atoms with E-state index in [0.29, 0.717) is 37.6 Å². The third-order valence-electron chi connectivity index (χ3n) is 6.28. The van der Waals surface area contributed by atoms with Gasteiger partial charge in [-0.15, -0.1) is 0 Å². The Morgan fingerprint density at radius 3 is 1.35 bits per heavy atom. The molecule has 1 aliphatic heterocycles. The predicted molar refractivity (Wildman–Crippen MR) is 154 cm³/mol. The van der Waals surface area contributed by atoms with Crippen molar-refractivity contribution in [2.75, 3.05) is 13.2 Å². The zero-order chi connectivity index (χ0) is 29.6. The molecule has 0 radical (unpaired) electrons. The second-order valence-electron chi connectivity index (χ2n) is 10.2. The fourth-order valence-corrected chi connectivity index (χ4v) is 3.99. The average molecular weight is 561 g/mol. The number of carbonyl (C=O) groups excluding carboxylic acids is 4. The van der Waals surface area contributed by atoms with E-state index in [9.17, 15) is 19.2 Å². The van der Waals surface area contributed by atoms with Crippen LogP contribution in [0.1, 0.15) is 105 Å². The highest BCUT2D eigenvalue weighted by molar-refractivity contribution is 5.74. The molecule has 0 saturated carbocycles. The summed E-state index contributed by atoms with van der Waals surface area (Å²) in [7, 11) is 0. The summed E-state index contributed by atoms with van der Waals surface area (Å²) in [6.45, 7) is 7.04. The van der Waals surface area contributed by atoms with Crippen molar-refractivity contribution in [1.82, 2.24) is 0 Å². The number of rotatable bonds is 2. The molecule has 40 heavy (non-hydrogen) atoms. The normalized spacial score (nSPS) is 26.6. The highest BCUT2D eigenvalue weighted by Crippen LogP contribution is 2.16. The van der Waals surface area contributed by atoms with Crippen LogP contribution in [0.15, 0.2) is 48.0 Å². The number of allylic oxidation sites excluding steroid dienone is 6. The molecule has 8 heteroatoms. The van der Waals surface area contributed by atoms with Crippen molar-refractivity contribution in [3.05, 3.63) is 48.0 Å². The molecule has 2 atom stereocenters. The standard InChI is InChI=1S/C32H48O8/c1-25-17-15-21-29(39-27(3)33)19-11-8-6-10-14-24-38-32(36)26(2)18-16-22-30(40-28(4)34)20-12-7-5-9-13-23-37-31(25)35/h15-18,21-22,25-26H,5-14,19-20,23-24H2,1-4H3/b17-15-,18-16-,29-21+,30-22+. The van der Waals surface area contributed by atoms with Crippen molar-refractivity contribution in [2.24, 2.45) is 11.8 Å². The van der Waals surface area contributed by atoms with Crippen molar-refractivity contribution < 1.29 is 38.1 Å². The minimum absolute atomic E-state index is 0.281. The van der Waals surface area contributed by atoms with Gasteiger partial charge in [0.2, 0.25) is 0 Å². The molecule has 224 valence electrons. The third kappa shape index (κ3) is 18.2. The van der Waals surface area contributed by atoms with E-state index in [1.807, 2.05) is 0 Å². The van der Waals surface area contributed by atoms with E-state index in [-0.39, 0.29) is 23.9 Å². The maximum absolute atomic E-state index is 12.3. The minimum Gasteiger partial charge on any atom is -0.465 e. The molecule has 0 aromatic heterocycles. The summed E-state index contributed by atoms with van der Waals surface area (Å²) in [6.07, 6.45) is 20.7. The monoisotopic (exact) mass is 560 g/mol. The van der Waals surface area contributed by atoms with Crippen LogP contribution in [0.25, 0.3) is 0 Å². The van der Waals surface area contributed by atoms with E-state index in [4.69, 9.17) is 18.9 Å². The number of ether oxygens (including phenoxy) is 4. The summed E-state index contributed by atoms with van der Waals surface area (Å²) in [6, 6.07) is 0. The van der Waals surface area contributed by atoms with E-state index in [0.717, 1.165) is 64.2 Å². The van der Waals surface area contributed by atoms with Crippen LogP contribution in [0, 0.1) is 11.8 Å². The highest BCUT2D eigenvalue weighted by atomic mass is 16.5. The molecule has 0 amide bonds. The number of hydrogen-bond donors (Lipinski definition) is 0. The zero-order valence-electron chi connectivity index (χ0n) is 24.8. The first-order valence-corrected chi connectivity index (χ1v) is 14.6. The molecule has 0 N–H and O–H groups in total. The third-order valence-corrected chi connectivity index (χ3v) is 6.28. The lowest BCUT2D eigenvalue weighted by Crippen LogP contribution is -2.13. The molecule has 0 aromatic rings. The van der Waals surface area contributed by atoms with Gasteiger partial charge in [0, 0.05) is 26.7 Å². The van der Waals surface area contributed by atoms with E-state index >= 15 is 0 Å². The van der Waals surface area contributed by atoms with Crippen molar-refractivity contribution in [3.63, 3.8) is 0 Å². The number of hydrogen-bond acceptors (Lipinski definition) is 8. The lowest BCUT2D eigenvalue weighted by atomic mass is 10.1. The SMILES string of the molecule is CC(=O)O/C1=C/C=C\C(C)C(=O)OCCCCCCC/C(OC(C)=O)=C\C=C/C(C)C(=O)OCCCCCCC1. The number of cyclic esters (lactones) is 2. The van der Waals surface area contributed by atoms with Crippen LogP contribution in [0.5, 0.6) is 0 Å². The fraction of sp³-hybridized carbons (Fsp3) is 0.625. The van der Waals surface area contributed by atoms with Crippen LogP contribution in [0.4, 0.5) is 0 Å². The van der Waals surface area contributed by atoms with Crippen molar-refractivity contribution in [3.8, 4) is 0 Å². The highest BCUT2D eigenvalue weighted by Gasteiger charge is 2.12. The Balaban J connectivity index is 2.75.